The number of fused-ring (bicyclic) bond motifs is 1. The highest BCUT2D eigenvalue weighted by Gasteiger charge is 2.14. The largest absolute Gasteiger partial charge is 0.436 e. The number of aromatic nitrogens is 2. The molecule has 2 aromatic heterocycles. The van der Waals surface area contributed by atoms with E-state index >= 15 is 0 Å². The Balaban J connectivity index is 2.11. The van der Waals surface area contributed by atoms with E-state index in [2.05, 4.69) is 39.7 Å². The summed E-state index contributed by atoms with van der Waals surface area (Å²) in [5.74, 6) is 1.14. The van der Waals surface area contributed by atoms with Crippen molar-refractivity contribution in [2.24, 2.45) is 0 Å². The van der Waals surface area contributed by atoms with Crippen molar-refractivity contribution < 1.29 is 4.74 Å². The van der Waals surface area contributed by atoms with Crippen LogP contribution in [-0.2, 0) is 0 Å². The van der Waals surface area contributed by atoms with Gasteiger partial charge in [-0.2, -0.15) is 0 Å². The molecule has 0 saturated carbocycles. The van der Waals surface area contributed by atoms with Crippen LogP contribution in [0.25, 0.3) is 10.2 Å². The highest BCUT2D eigenvalue weighted by molar-refractivity contribution is 9.10. The molecule has 20 heavy (non-hydrogen) atoms. The van der Waals surface area contributed by atoms with Gasteiger partial charge in [-0.1, -0.05) is 15.9 Å². The van der Waals surface area contributed by atoms with Gasteiger partial charge in [-0.25, -0.2) is 9.97 Å². The molecule has 6 heteroatoms. The van der Waals surface area contributed by atoms with Crippen LogP contribution >= 0.6 is 27.3 Å². The first kappa shape index (κ1) is 13.3. The molecule has 2 N–H and O–H groups in total. The molecular formula is C14H12BrN3OS. The van der Waals surface area contributed by atoms with Crippen LogP contribution in [0.15, 0.2) is 29.0 Å². The van der Waals surface area contributed by atoms with Crippen LogP contribution in [0.1, 0.15) is 10.4 Å². The number of halogens is 1. The van der Waals surface area contributed by atoms with Crippen molar-refractivity contribution in [3.05, 3.63) is 39.4 Å². The summed E-state index contributed by atoms with van der Waals surface area (Å²) in [4.78, 5) is 10.7. The van der Waals surface area contributed by atoms with Crippen LogP contribution < -0.4 is 10.5 Å². The van der Waals surface area contributed by atoms with Crippen molar-refractivity contribution in [2.45, 2.75) is 13.8 Å². The third-order valence-corrected chi connectivity index (χ3v) is 4.72. The van der Waals surface area contributed by atoms with Gasteiger partial charge in [0.15, 0.2) is 5.75 Å². The first-order chi connectivity index (χ1) is 9.56. The first-order valence-corrected chi connectivity index (χ1v) is 7.61. The standard InChI is InChI=1S/C14H12BrN3OS/c1-7-8(2)20-14-12(7)13(17-6-18-14)19-11-4-3-9(15)5-10(11)16/h3-6H,16H2,1-2H3. The van der Waals surface area contributed by atoms with Crippen molar-refractivity contribution in [1.29, 1.82) is 0 Å². The predicted octanol–water partition coefficient (Wildman–Crippen LogP) is 4.45. The minimum atomic E-state index is 0.547. The summed E-state index contributed by atoms with van der Waals surface area (Å²) in [5.41, 5.74) is 7.68. The smallest absolute Gasteiger partial charge is 0.231 e. The molecule has 0 unspecified atom stereocenters. The molecule has 4 nitrogen and oxygen atoms in total. The maximum absolute atomic E-state index is 5.96. The van der Waals surface area contributed by atoms with Crippen LogP contribution in [0, 0.1) is 13.8 Å². The summed E-state index contributed by atoms with van der Waals surface area (Å²) in [6, 6.07) is 5.51. The van der Waals surface area contributed by atoms with E-state index in [1.807, 2.05) is 12.1 Å². The Morgan fingerprint density at radius 1 is 1.25 bits per heavy atom. The average molecular weight is 350 g/mol. The Morgan fingerprint density at radius 2 is 2.05 bits per heavy atom. The molecule has 102 valence electrons. The number of benzene rings is 1. The number of nitrogens with two attached hydrogens (primary N) is 1. The van der Waals surface area contributed by atoms with Crippen molar-refractivity contribution in [3.8, 4) is 11.6 Å². The average Bonchev–Trinajstić information content (AvgIpc) is 2.69. The molecule has 0 fully saturated rings. The third kappa shape index (κ3) is 2.25. The predicted molar refractivity (Wildman–Crippen MR) is 85.5 cm³/mol. The van der Waals surface area contributed by atoms with Gasteiger partial charge in [-0.15, -0.1) is 11.3 Å². The van der Waals surface area contributed by atoms with Gasteiger partial charge < -0.3 is 10.5 Å². The fourth-order valence-corrected chi connectivity index (χ4v) is 3.31. The number of thiophene rings is 1. The van der Waals surface area contributed by atoms with E-state index < -0.39 is 0 Å². The SMILES string of the molecule is Cc1sc2ncnc(Oc3ccc(Br)cc3N)c2c1C. The van der Waals surface area contributed by atoms with Gasteiger partial charge in [-0.05, 0) is 37.6 Å². The molecule has 0 amide bonds. The minimum Gasteiger partial charge on any atom is -0.436 e. The van der Waals surface area contributed by atoms with E-state index in [9.17, 15) is 0 Å². The zero-order valence-electron chi connectivity index (χ0n) is 11.0. The highest BCUT2D eigenvalue weighted by atomic mass is 79.9. The zero-order valence-corrected chi connectivity index (χ0v) is 13.4. The molecular weight excluding hydrogens is 338 g/mol. The lowest BCUT2D eigenvalue weighted by molar-refractivity contribution is 0.470. The summed E-state index contributed by atoms with van der Waals surface area (Å²) in [6.45, 7) is 4.12. The lowest BCUT2D eigenvalue weighted by Crippen LogP contribution is -1.95. The van der Waals surface area contributed by atoms with Gasteiger partial charge in [0.25, 0.3) is 0 Å². The molecule has 0 saturated heterocycles. The Kier molecular flexibility index (Phi) is 3.35. The van der Waals surface area contributed by atoms with Gasteiger partial charge in [0.1, 0.15) is 11.2 Å². The van der Waals surface area contributed by atoms with Crippen LogP contribution in [0.2, 0.25) is 0 Å². The molecule has 0 aliphatic heterocycles. The summed E-state index contributed by atoms with van der Waals surface area (Å²) >= 11 is 5.02. The lowest BCUT2D eigenvalue weighted by atomic mass is 10.2. The number of nitrogen functional groups attached to an aromatic ring is 1. The van der Waals surface area contributed by atoms with Crippen molar-refractivity contribution in [3.63, 3.8) is 0 Å². The number of ether oxygens (including phenoxy) is 1. The van der Waals surface area contributed by atoms with Crippen LogP contribution in [0.4, 0.5) is 5.69 Å². The van der Waals surface area contributed by atoms with E-state index in [0.717, 1.165) is 20.3 Å². The molecule has 0 aliphatic rings. The molecule has 0 radical (unpaired) electrons. The topological polar surface area (TPSA) is 61.0 Å². The van der Waals surface area contributed by atoms with Crippen LogP contribution in [0.5, 0.6) is 11.6 Å². The van der Waals surface area contributed by atoms with E-state index in [1.54, 1.807) is 17.4 Å². The van der Waals surface area contributed by atoms with Gasteiger partial charge in [0.2, 0.25) is 5.88 Å². The highest BCUT2D eigenvalue weighted by Crippen LogP contribution is 2.37. The summed E-state index contributed by atoms with van der Waals surface area (Å²) in [5, 5.41) is 0.956. The Hall–Kier alpha value is -1.66. The first-order valence-electron chi connectivity index (χ1n) is 6.00. The molecule has 0 aliphatic carbocycles. The number of nitrogens with zero attached hydrogens (tertiary/aromatic N) is 2. The molecule has 0 atom stereocenters. The molecule has 2 heterocycles. The monoisotopic (exact) mass is 349 g/mol. The van der Waals surface area contributed by atoms with Crippen molar-refractivity contribution >= 4 is 43.2 Å². The van der Waals surface area contributed by atoms with Gasteiger partial charge in [0, 0.05) is 9.35 Å². The second kappa shape index (κ2) is 5.03. The number of hydrogen-bond acceptors (Lipinski definition) is 5. The number of anilines is 1. The minimum absolute atomic E-state index is 0.547. The van der Waals surface area contributed by atoms with E-state index in [-0.39, 0.29) is 0 Å². The van der Waals surface area contributed by atoms with Gasteiger partial charge in [0.05, 0.1) is 11.1 Å². The Bertz CT molecular complexity index is 800. The molecule has 3 aromatic rings. The summed E-state index contributed by atoms with van der Waals surface area (Å²) in [7, 11) is 0. The number of aryl methyl sites for hydroxylation is 2. The number of hydrogen-bond donors (Lipinski definition) is 1. The van der Waals surface area contributed by atoms with E-state index in [4.69, 9.17) is 10.5 Å². The second-order valence-electron chi connectivity index (χ2n) is 4.43. The molecule has 0 bridgehead atoms. The molecule has 0 spiro atoms. The zero-order chi connectivity index (χ0) is 14.3. The van der Waals surface area contributed by atoms with Crippen molar-refractivity contribution in [2.75, 3.05) is 5.73 Å². The summed E-state index contributed by atoms with van der Waals surface area (Å²) < 4.78 is 6.80. The lowest BCUT2D eigenvalue weighted by Gasteiger charge is -2.09. The quantitative estimate of drug-likeness (QED) is 0.694. The Morgan fingerprint density at radius 3 is 2.80 bits per heavy atom. The number of rotatable bonds is 2. The van der Waals surface area contributed by atoms with E-state index in [1.165, 1.54) is 11.2 Å². The normalized spacial score (nSPS) is 10.9. The Labute approximate surface area is 128 Å². The van der Waals surface area contributed by atoms with Gasteiger partial charge >= 0.3 is 0 Å². The summed E-state index contributed by atoms with van der Waals surface area (Å²) in [6.07, 6.45) is 1.52. The molecule has 3 rings (SSSR count). The molecule has 1 aromatic carbocycles. The fourth-order valence-electron chi connectivity index (χ4n) is 1.94. The maximum atomic E-state index is 5.96. The van der Waals surface area contributed by atoms with Crippen LogP contribution in [-0.4, -0.2) is 9.97 Å². The van der Waals surface area contributed by atoms with E-state index in [0.29, 0.717) is 17.3 Å². The third-order valence-electron chi connectivity index (χ3n) is 3.11. The fraction of sp³-hybridized carbons (Fsp3) is 0.143. The maximum Gasteiger partial charge on any atom is 0.231 e. The van der Waals surface area contributed by atoms with Gasteiger partial charge in [-0.3, -0.25) is 0 Å². The van der Waals surface area contributed by atoms with Crippen LogP contribution in [0.3, 0.4) is 0 Å². The van der Waals surface area contributed by atoms with Crippen molar-refractivity contribution in [1.82, 2.24) is 9.97 Å². The second-order valence-corrected chi connectivity index (χ2v) is 6.55.